The lowest BCUT2D eigenvalue weighted by Crippen LogP contribution is -2.46. The summed E-state index contributed by atoms with van der Waals surface area (Å²) in [5.41, 5.74) is 4.76. The fraction of sp³-hybridized carbons (Fsp3) is 0.286. The van der Waals surface area contributed by atoms with Crippen molar-refractivity contribution in [2.75, 3.05) is 31.1 Å². The van der Waals surface area contributed by atoms with E-state index in [-0.39, 0.29) is 0 Å². The van der Waals surface area contributed by atoms with Gasteiger partial charge in [0.05, 0.1) is 15.7 Å². The van der Waals surface area contributed by atoms with E-state index in [9.17, 15) is 0 Å². The zero-order valence-corrected chi connectivity index (χ0v) is 17.5. The van der Waals surface area contributed by atoms with Crippen molar-refractivity contribution in [2.45, 2.75) is 13.5 Å². The van der Waals surface area contributed by atoms with Crippen LogP contribution in [0.4, 0.5) is 5.69 Å². The van der Waals surface area contributed by atoms with E-state index >= 15 is 0 Å². The van der Waals surface area contributed by atoms with Crippen LogP contribution in [0.2, 0.25) is 10.0 Å². The molecule has 0 saturated carbocycles. The van der Waals surface area contributed by atoms with Crippen LogP contribution in [0.25, 0.3) is 10.6 Å². The number of hydrogen-bond acceptors (Lipinski definition) is 4. The summed E-state index contributed by atoms with van der Waals surface area (Å²) in [5, 5.41) is 4.50. The van der Waals surface area contributed by atoms with Gasteiger partial charge in [0, 0.05) is 49.4 Å². The molecule has 1 aliphatic heterocycles. The van der Waals surface area contributed by atoms with E-state index in [1.165, 1.54) is 11.1 Å². The largest absolute Gasteiger partial charge is 0.369 e. The quantitative estimate of drug-likeness (QED) is 0.538. The molecule has 1 aliphatic rings. The highest BCUT2D eigenvalue weighted by atomic mass is 35.5. The van der Waals surface area contributed by atoms with Gasteiger partial charge >= 0.3 is 0 Å². The minimum atomic E-state index is 0.604. The van der Waals surface area contributed by atoms with E-state index in [1.54, 1.807) is 11.3 Å². The number of halogens is 2. The third kappa shape index (κ3) is 4.46. The first-order valence-corrected chi connectivity index (χ1v) is 10.7. The fourth-order valence-corrected chi connectivity index (χ4v) is 4.47. The highest BCUT2D eigenvalue weighted by molar-refractivity contribution is 7.13. The molecule has 1 fully saturated rings. The Hall–Kier alpha value is -1.59. The van der Waals surface area contributed by atoms with Gasteiger partial charge in [-0.3, -0.25) is 4.90 Å². The van der Waals surface area contributed by atoms with E-state index < -0.39 is 0 Å². The van der Waals surface area contributed by atoms with Crippen molar-refractivity contribution in [2.24, 2.45) is 0 Å². The molecule has 27 heavy (non-hydrogen) atoms. The second-order valence-electron chi connectivity index (χ2n) is 6.88. The molecule has 3 nitrogen and oxygen atoms in total. The number of thiazole rings is 1. The maximum atomic E-state index is 6.16. The number of piperazine rings is 1. The highest BCUT2D eigenvalue weighted by Crippen LogP contribution is 2.28. The SMILES string of the molecule is Cc1cccc(-c2nc(CN3CCN(c4ccc(Cl)c(Cl)c4)CC3)cs2)c1. The molecule has 3 aromatic rings. The Morgan fingerprint density at radius 1 is 1.00 bits per heavy atom. The molecule has 0 bridgehead atoms. The summed E-state index contributed by atoms with van der Waals surface area (Å²) in [4.78, 5) is 9.67. The van der Waals surface area contributed by atoms with E-state index in [0.29, 0.717) is 10.0 Å². The van der Waals surface area contributed by atoms with Gasteiger partial charge in [0.1, 0.15) is 5.01 Å². The normalized spacial score (nSPS) is 15.3. The van der Waals surface area contributed by atoms with Crippen LogP contribution in [-0.2, 0) is 6.54 Å². The number of hydrogen-bond donors (Lipinski definition) is 0. The van der Waals surface area contributed by atoms with Crippen LogP contribution in [0.3, 0.4) is 0 Å². The molecule has 140 valence electrons. The van der Waals surface area contributed by atoms with Crippen molar-refractivity contribution in [1.82, 2.24) is 9.88 Å². The lowest BCUT2D eigenvalue weighted by Gasteiger charge is -2.35. The summed E-state index contributed by atoms with van der Waals surface area (Å²) in [5.74, 6) is 0. The summed E-state index contributed by atoms with van der Waals surface area (Å²) in [6, 6.07) is 14.4. The van der Waals surface area contributed by atoms with Gasteiger partial charge < -0.3 is 4.90 Å². The summed E-state index contributed by atoms with van der Waals surface area (Å²) >= 11 is 13.9. The van der Waals surface area contributed by atoms with Crippen LogP contribution in [0.5, 0.6) is 0 Å². The predicted molar refractivity (Wildman–Crippen MR) is 116 cm³/mol. The van der Waals surface area contributed by atoms with Crippen LogP contribution < -0.4 is 4.90 Å². The zero-order chi connectivity index (χ0) is 18.8. The van der Waals surface area contributed by atoms with Gasteiger partial charge in [0.2, 0.25) is 0 Å². The highest BCUT2D eigenvalue weighted by Gasteiger charge is 2.19. The summed E-state index contributed by atoms with van der Waals surface area (Å²) in [7, 11) is 0. The Morgan fingerprint density at radius 3 is 2.56 bits per heavy atom. The van der Waals surface area contributed by atoms with Crippen LogP contribution in [-0.4, -0.2) is 36.1 Å². The van der Waals surface area contributed by atoms with Gasteiger partial charge in [-0.2, -0.15) is 0 Å². The lowest BCUT2D eigenvalue weighted by molar-refractivity contribution is 0.247. The van der Waals surface area contributed by atoms with Gasteiger partial charge in [-0.1, -0.05) is 47.0 Å². The Labute approximate surface area is 174 Å². The standard InChI is InChI=1S/C21H21Cl2N3S/c1-15-3-2-4-16(11-15)21-24-17(14-27-21)13-25-7-9-26(10-8-25)18-5-6-19(22)20(23)12-18/h2-6,11-12,14H,7-10,13H2,1H3. The first-order valence-electron chi connectivity index (χ1n) is 9.02. The molecule has 0 amide bonds. The van der Waals surface area contributed by atoms with Crippen molar-refractivity contribution in [1.29, 1.82) is 0 Å². The second kappa shape index (κ2) is 8.19. The van der Waals surface area contributed by atoms with Crippen LogP contribution in [0.15, 0.2) is 47.8 Å². The first kappa shape index (κ1) is 18.8. The van der Waals surface area contributed by atoms with E-state index in [2.05, 4.69) is 46.4 Å². The fourth-order valence-electron chi connectivity index (χ4n) is 3.37. The topological polar surface area (TPSA) is 19.4 Å². The number of anilines is 1. The molecule has 0 atom stereocenters. The van der Waals surface area contributed by atoms with Crippen LogP contribution in [0, 0.1) is 6.92 Å². The maximum Gasteiger partial charge on any atom is 0.123 e. The van der Waals surface area contributed by atoms with Crippen molar-refractivity contribution in [3.8, 4) is 10.6 Å². The Bertz CT molecular complexity index is 933. The summed E-state index contributed by atoms with van der Waals surface area (Å²) < 4.78 is 0. The average Bonchev–Trinajstić information content (AvgIpc) is 3.13. The maximum absolute atomic E-state index is 6.16. The van der Waals surface area contributed by atoms with Gasteiger partial charge in [-0.15, -0.1) is 11.3 Å². The van der Waals surface area contributed by atoms with Crippen LogP contribution in [0.1, 0.15) is 11.3 Å². The van der Waals surface area contributed by atoms with Gasteiger partial charge in [-0.25, -0.2) is 4.98 Å². The summed E-state index contributed by atoms with van der Waals surface area (Å²) in [6.45, 7) is 7.00. The number of aromatic nitrogens is 1. The Morgan fingerprint density at radius 2 is 1.81 bits per heavy atom. The monoisotopic (exact) mass is 417 g/mol. The number of rotatable bonds is 4. The molecule has 6 heteroatoms. The van der Waals surface area contributed by atoms with Gasteiger partial charge in [-0.05, 0) is 31.2 Å². The molecule has 0 N–H and O–H groups in total. The summed E-state index contributed by atoms with van der Waals surface area (Å²) in [6.07, 6.45) is 0. The van der Waals surface area contributed by atoms with Crippen molar-refractivity contribution in [3.63, 3.8) is 0 Å². The molecular weight excluding hydrogens is 397 g/mol. The molecule has 0 unspecified atom stereocenters. The van der Waals surface area contributed by atoms with E-state index in [4.69, 9.17) is 28.2 Å². The average molecular weight is 418 g/mol. The number of aryl methyl sites for hydroxylation is 1. The molecular formula is C21H21Cl2N3S. The molecule has 0 aliphatic carbocycles. The predicted octanol–water partition coefficient (Wildman–Crippen LogP) is 5.75. The van der Waals surface area contributed by atoms with Gasteiger partial charge in [0.25, 0.3) is 0 Å². The minimum absolute atomic E-state index is 0.604. The molecule has 1 aromatic heterocycles. The van der Waals surface area contributed by atoms with Crippen molar-refractivity contribution in [3.05, 3.63) is 69.1 Å². The molecule has 2 aromatic carbocycles. The molecule has 1 saturated heterocycles. The van der Waals surface area contributed by atoms with Crippen LogP contribution >= 0.6 is 34.5 Å². The Kier molecular flexibility index (Phi) is 5.69. The lowest BCUT2D eigenvalue weighted by atomic mass is 10.1. The van der Waals surface area contributed by atoms with Crippen molar-refractivity contribution < 1.29 is 0 Å². The first-order chi connectivity index (χ1) is 13.1. The Balaban J connectivity index is 1.36. The number of nitrogens with zero attached hydrogens (tertiary/aromatic N) is 3. The van der Waals surface area contributed by atoms with E-state index in [1.807, 2.05) is 18.2 Å². The minimum Gasteiger partial charge on any atom is -0.369 e. The zero-order valence-electron chi connectivity index (χ0n) is 15.2. The molecule has 4 rings (SSSR count). The molecule has 0 spiro atoms. The second-order valence-corrected chi connectivity index (χ2v) is 8.55. The third-order valence-electron chi connectivity index (χ3n) is 4.84. The van der Waals surface area contributed by atoms with E-state index in [0.717, 1.165) is 49.1 Å². The number of benzene rings is 2. The smallest absolute Gasteiger partial charge is 0.123 e. The molecule has 0 radical (unpaired) electrons. The third-order valence-corrected chi connectivity index (χ3v) is 6.52. The van der Waals surface area contributed by atoms with Gasteiger partial charge in [0.15, 0.2) is 0 Å². The van der Waals surface area contributed by atoms with Crippen molar-refractivity contribution >= 4 is 40.2 Å². The molecule has 2 heterocycles.